The van der Waals surface area contributed by atoms with Crippen molar-refractivity contribution >= 4 is 11.3 Å². The monoisotopic (exact) mass is 266 g/mol. The SMILES string of the molecule is CC(C)Cc1ccc(CN2CCC(N(C)C)C2)s1. The molecule has 102 valence electrons. The number of hydrogen-bond donors (Lipinski definition) is 0. The molecule has 1 unspecified atom stereocenters. The predicted octanol–water partition coefficient (Wildman–Crippen LogP) is 3.08. The van der Waals surface area contributed by atoms with Crippen molar-refractivity contribution in [1.29, 1.82) is 0 Å². The van der Waals surface area contributed by atoms with Gasteiger partial charge in [-0.15, -0.1) is 11.3 Å². The minimum Gasteiger partial charge on any atom is -0.305 e. The standard InChI is InChI=1S/C15H26N2S/c1-12(2)9-14-5-6-15(18-14)11-17-8-7-13(10-17)16(3)4/h5-6,12-13H,7-11H2,1-4H3. The van der Waals surface area contributed by atoms with Gasteiger partial charge in [0.25, 0.3) is 0 Å². The molecule has 1 fully saturated rings. The van der Waals surface area contributed by atoms with Crippen LogP contribution >= 0.6 is 11.3 Å². The summed E-state index contributed by atoms with van der Waals surface area (Å²) in [6, 6.07) is 5.39. The summed E-state index contributed by atoms with van der Waals surface area (Å²) >= 11 is 2.00. The second-order valence-corrected chi connectivity index (χ2v) is 7.36. The van der Waals surface area contributed by atoms with Gasteiger partial charge in [0.15, 0.2) is 0 Å². The fraction of sp³-hybridized carbons (Fsp3) is 0.733. The summed E-state index contributed by atoms with van der Waals surface area (Å²) in [7, 11) is 4.39. The van der Waals surface area contributed by atoms with E-state index in [-0.39, 0.29) is 0 Å². The third kappa shape index (κ3) is 3.81. The van der Waals surface area contributed by atoms with Gasteiger partial charge in [0.05, 0.1) is 0 Å². The number of nitrogens with zero attached hydrogens (tertiary/aromatic N) is 2. The van der Waals surface area contributed by atoms with Crippen LogP contribution in [-0.4, -0.2) is 43.0 Å². The molecule has 2 heterocycles. The van der Waals surface area contributed by atoms with E-state index in [9.17, 15) is 0 Å². The van der Waals surface area contributed by atoms with Crippen LogP contribution in [0.25, 0.3) is 0 Å². The number of rotatable bonds is 5. The maximum Gasteiger partial charge on any atom is 0.0328 e. The van der Waals surface area contributed by atoms with Crippen LogP contribution in [0.5, 0.6) is 0 Å². The lowest BCUT2D eigenvalue weighted by Gasteiger charge is -2.19. The van der Waals surface area contributed by atoms with E-state index in [1.807, 2.05) is 11.3 Å². The van der Waals surface area contributed by atoms with E-state index in [0.29, 0.717) is 0 Å². The summed E-state index contributed by atoms with van der Waals surface area (Å²) in [6.07, 6.45) is 2.54. The van der Waals surface area contributed by atoms with E-state index in [2.05, 4.69) is 49.9 Å². The highest BCUT2D eigenvalue weighted by Gasteiger charge is 2.23. The highest BCUT2D eigenvalue weighted by molar-refractivity contribution is 7.11. The molecule has 0 amide bonds. The first-order valence-corrected chi connectivity index (χ1v) is 7.82. The van der Waals surface area contributed by atoms with Gasteiger partial charge < -0.3 is 4.90 Å². The van der Waals surface area contributed by atoms with E-state index in [1.54, 1.807) is 4.88 Å². The van der Waals surface area contributed by atoms with Gasteiger partial charge in [-0.05, 0) is 45.0 Å². The third-order valence-electron chi connectivity index (χ3n) is 3.68. The largest absolute Gasteiger partial charge is 0.305 e. The first-order valence-electron chi connectivity index (χ1n) is 7.01. The summed E-state index contributed by atoms with van der Waals surface area (Å²) in [5.74, 6) is 0.765. The molecule has 3 heteroatoms. The zero-order valence-electron chi connectivity index (χ0n) is 12.1. The van der Waals surface area contributed by atoms with E-state index in [1.165, 1.54) is 30.8 Å². The van der Waals surface area contributed by atoms with Crippen molar-refractivity contribution in [2.45, 2.75) is 39.3 Å². The van der Waals surface area contributed by atoms with Crippen LogP contribution < -0.4 is 0 Å². The average molecular weight is 266 g/mol. The molecule has 18 heavy (non-hydrogen) atoms. The Kier molecular flexibility index (Phi) is 4.82. The highest BCUT2D eigenvalue weighted by Crippen LogP contribution is 2.23. The predicted molar refractivity (Wildman–Crippen MR) is 80.2 cm³/mol. The zero-order valence-corrected chi connectivity index (χ0v) is 13.0. The number of hydrogen-bond acceptors (Lipinski definition) is 3. The van der Waals surface area contributed by atoms with Crippen molar-refractivity contribution in [2.75, 3.05) is 27.2 Å². The maximum absolute atomic E-state index is 2.59. The second kappa shape index (κ2) is 6.18. The molecule has 0 saturated carbocycles. The van der Waals surface area contributed by atoms with E-state index < -0.39 is 0 Å². The van der Waals surface area contributed by atoms with Gasteiger partial charge in [-0.2, -0.15) is 0 Å². The van der Waals surface area contributed by atoms with Crippen molar-refractivity contribution < 1.29 is 0 Å². The minimum atomic E-state index is 0.750. The molecular weight excluding hydrogens is 240 g/mol. The lowest BCUT2D eigenvalue weighted by molar-refractivity contribution is 0.266. The van der Waals surface area contributed by atoms with Gasteiger partial charge >= 0.3 is 0 Å². The second-order valence-electron chi connectivity index (χ2n) is 6.11. The Morgan fingerprint density at radius 3 is 2.67 bits per heavy atom. The van der Waals surface area contributed by atoms with Gasteiger partial charge in [-0.3, -0.25) is 4.90 Å². The highest BCUT2D eigenvalue weighted by atomic mass is 32.1. The number of likely N-dealkylation sites (tertiary alicyclic amines) is 1. The summed E-state index contributed by atoms with van der Waals surface area (Å²) < 4.78 is 0. The Balaban J connectivity index is 1.85. The van der Waals surface area contributed by atoms with E-state index >= 15 is 0 Å². The van der Waals surface area contributed by atoms with Gasteiger partial charge in [-0.25, -0.2) is 0 Å². The lowest BCUT2D eigenvalue weighted by atomic mass is 10.1. The maximum atomic E-state index is 2.59. The van der Waals surface area contributed by atoms with Crippen LogP contribution in [0.15, 0.2) is 12.1 Å². The Morgan fingerprint density at radius 1 is 1.33 bits per heavy atom. The molecule has 1 atom stereocenters. The molecule has 0 aromatic carbocycles. The molecule has 1 aliphatic rings. The van der Waals surface area contributed by atoms with Crippen LogP contribution in [0.4, 0.5) is 0 Å². The van der Waals surface area contributed by atoms with E-state index in [0.717, 1.165) is 18.5 Å². The Hall–Kier alpha value is -0.380. The van der Waals surface area contributed by atoms with Crippen LogP contribution in [0.2, 0.25) is 0 Å². The third-order valence-corrected chi connectivity index (χ3v) is 4.78. The van der Waals surface area contributed by atoms with Crippen molar-refractivity contribution in [3.8, 4) is 0 Å². The molecule has 2 rings (SSSR count). The normalized spacial score (nSPS) is 21.3. The fourth-order valence-electron chi connectivity index (χ4n) is 2.62. The average Bonchev–Trinajstić information content (AvgIpc) is 2.88. The molecule has 1 aromatic heterocycles. The Bertz CT molecular complexity index is 370. The quantitative estimate of drug-likeness (QED) is 0.808. The van der Waals surface area contributed by atoms with Gasteiger partial charge in [-0.1, -0.05) is 13.8 Å². The summed E-state index contributed by atoms with van der Waals surface area (Å²) in [4.78, 5) is 8.03. The van der Waals surface area contributed by atoms with Gasteiger partial charge in [0.2, 0.25) is 0 Å². The van der Waals surface area contributed by atoms with Crippen LogP contribution in [0.3, 0.4) is 0 Å². The van der Waals surface area contributed by atoms with Crippen LogP contribution in [-0.2, 0) is 13.0 Å². The summed E-state index contributed by atoms with van der Waals surface area (Å²) in [5.41, 5.74) is 0. The molecule has 0 spiro atoms. The van der Waals surface area contributed by atoms with Crippen LogP contribution in [0, 0.1) is 5.92 Å². The topological polar surface area (TPSA) is 6.48 Å². The number of likely N-dealkylation sites (N-methyl/N-ethyl adjacent to an activating group) is 1. The first-order chi connectivity index (χ1) is 8.54. The molecule has 1 aromatic rings. The van der Waals surface area contributed by atoms with Crippen molar-refractivity contribution in [3.05, 3.63) is 21.9 Å². The number of thiophene rings is 1. The van der Waals surface area contributed by atoms with Crippen molar-refractivity contribution in [1.82, 2.24) is 9.80 Å². The molecule has 0 N–H and O–H groups in total. The Morgan fingerprint density at radius 2 is 2.06 bits per heavy atom. The molecule has 1 aliphatic heterocycles. The first kappa shape index (κ1) is 14.0. The van der Waals surface area contributed by atoms with Gasteiger partial charge in [0, 0.05) is 35.4 Å². The van der Waals surface area contributed by atoms with Gasteiger partial charge in [0.1, 0.15) is 0 Å². The molecule has 0 radical (unpaired) electrons. The lowest BCUT2D eigenvalue weighted by Crippen LogP contribution is -2.31. The fourth-order valence-corrected chi connectivity index (χ4v) is 3.89. The summed E-state index contributed by atoms with van der Waals surface area (Å²) in [5, 5.41) is 0. The molecule has 1 saturated heterocycles. The minimum absolute atomic E-state index is 0.750. The summed E-state index contributed by atoms with van der Waals surface area (Å²) in [6.45, 7) is 8.21. The molecule has 2 nitrogen and oxygen atoms in total. The van der Waals surface area contributed by atoms with Crippen molar-refractivity contribution in [3.63, 3.8) is 0 Å². The zero-order chi connectivity index (χ0) is 13.1. The smallest absolute Gasteiger partial charge is 0.0328 e. The Labute approximate surface area is 116 Å². The van der Waals surface area contributed by atoms with Crippen molar-refractivity contribution in [2.24, 2.45) is 5.92 Å². The van der Waals surface area contributed by atoms with E-state index in [4.69, 9.17) is 0 Å². The molecule has 0 bridgehead atoms. The molecular formula is C15H26N2S. The molecule has 0 aliphatic carbocycles. The van der Waals surface area contributed by atoms with Crippen LogP contribution in [0.1, 0.15) is 30.0 Å².